The number of rotatable bonds is 6. The maximum atomic E-state index is 13.8. The van der Waals surface area contributed by atoms with E-state index >= 15 is 0 Å². The highest BCUT2D eigenvalue weighted by Crippen LogP contribution is 2.28. The highest BCUT2D eigenvalue weighted by atomic mass is 19.2. The molecule has 0 heterocycles. The zero-order valence-corrected chi connectivity index (χ0v) is 11.6. The second-order valence-electron chi connectivity index (χ2n) is 4.26. The quantitative estimate of drug-likeness (QED) is 0.365. The van der Waals surface area contributed by atoms with Crippen LogP contribution in [0.4, 0.5) is 23.2 Å². The number of nitrogens with zero attached hydrogens (tertiary/aromatic N) is 2. The molecule has 4 nitrogen and oxygen atoms in total. The van der Waals surface area contributed by atoms with E-state index in [0.29, 0.717) is 12.8 Å². The van der Waals surface area contributed by atoms with Crippen molar-refractivity contribution in [2.24, 2.45) is 0 Å². The van der Waals surface area contributed by atoms with Gasteiger partial charge in [0, 0.05) is 11.8 Å². The van der Waals surface area contributed by atoms with Gasteiger partial charge in [-0.25, -0.2) is 17.6 Å². The van der Waals surface area contributed by atoms with Gasteiger partial charge in [-0.05, 0) is 12.8 Å². The number of anilines is 1. The van der Waals surface area contributed by atoms with E-state index < -0.39 is 40.1 Å². The molecule has 8 heteroatoms. The van der Waals surface area contributed by atoms with Gasteiger partial charge in [-0.3, -0.25) is 5.43 Å². The number of hydrogen-bond donors (Lipinski definition) is 2. The molecule has 0 saturated carbocycles. The van der Waals surface area contributed by atoms with Gasteiger partial charge in [0.15, 0.2) is 23.3 Å². The Morgan fingerprint density at radius 1 is 1.05 bits per heavy atom. The van der Waals surface area contributed by atoms with E-state index in [1.54, 1.807) is 6.92 Å². The zero-order chi connectivity index (χ0) is 16.7. The van der Waals surface area contributed by atoms with Gasteiger partial charge in [0.2, 0.25) is 0 Å². The fourth-order valence-electron chi connectivity index (χ4n) is 1.63. The van der Waals surface area contributed by atoms with Crippen molar-refractivity contribution in [3.8, 4) is 12.1 Å². The van der Waals surface area contributed by atoms with Gasteiger partial charge in [-0.15, -0.1) is 0 Å². The molecular formula is C14H12F4N4. The summed E-state index contributed by atoms with van der Waals surface area (Å²) in [5.74, 6) is -6.11. The molecule has 0 radical (unpaired) electrons. The van der Waals surface area contributed by atoms with Crippen molar-refractivity contribution >= 4 is 5.69 Å². The van der Waals surface area contributed by atoms with Crippen LogP contribution in [0, 0.1) is 45.9 Å². The third-order valence-corrected chi connectivity index (χ3v) is 2.79. The third kappa shape index (κ3) is 3.67. The Bertz CT molecular complexity index is 626. The minimum absolute atomic E-state index is 0.122. The molecule has 2 N–H and O–H groups in total. The average molecular weight is 312 g/mol. The van der Waals surface area contributed by atoms with Crippen LogP contribution in [0.15, 0.2) is 11.8 Å². The largest absolute Gasteiger partial charge is 0.306 e. The van der Waals surface area contributed by atoms with Crippen molar-refractivity contribution < 1.29 is 17.6 Å². The van der Waals surface area contributed by atoms with Crippen molar-refractivity contribution in [2.45, 2.75) is 26.2 Å². The second kappa shape index (κ2) is 7.89. The highest BCUT2D eigenvalue weighted by Gasteiger charge is 2.24. The molecular weight excluding hydrogens is 300 g/mol. The molecule has 1 aromatic rings. The lowest BCUT2D eigenvalue weighted by Gasteiger charge is -2.13. The first kappa shape index (κ1) is 17.3. The first-order valence-corrected chi connectivity index (χ1v) is 6.34. The third-order valence-electron chi connectivity index (χ3n) is 2.79. The monoisotopic (exact) mass is 312 g/mol. The molecule has 0 fully saturated rings. The molecule has 1 aromatic carbocycles. The molecule has 0 aromatic heterocycles. The van der Waals surface area contributed by atoms with E-state index in [9.17, 15) is 17.6 Å². The number of hydrazine groups is 1. The summed E-state index contributed by atoms with van der Waals surface area (Å²) in [5.41, 5.74) is 1.81. The Labute approximate surface area is 124 Å². The normalized spacial score (nSPS) is 9.59. The van der Waals surface area contributed by atoms with Crippen molar-refractivity contribution in [1.82, 2.24) is 5.43 Å². The number of hydrogen-bond acceptors (Lipinski definition) is 4. The maximum absolute atomic E-state index is 13.8. The lowest BCUT2D eigenvalue weighted by molar-refractivity contribution is 0.440. The number of nitriles is 2. The number of allylic oxidation sites excluding steroid dienone is 1. The Morgan fingerprint density at radius 3 is 2.05 bits per heavy atom. The minimum Gasteiger partial charge on any atom is -0.306 e. The summed E-state index contributed by atoms with van der Waals surface area (Å²) in [6.45, 7) is 1.77. The fraction of sp³-hybridized carbons (Fsp3) is 0.286. The summed E-state index contributed by atoms with van der Waals surface area (Å²) in [5, 5.41) is 16.9. The number of nitrogens with one attached hydrogen (secondary N) is 2. The topological polar surface area (TPSA) is 71.6 Å². The van der Waals surface area contributed by atoms with Gasteiger partial charge in [0.1, 0.15) is 23.4 Å². The first-order valence-electron chi connectivity index (χ1n) is 6.34. The van der Waals surface area contributed by atoms with E-state index in [2.05, 4.69) is 0 Å². The highest BCUT2D eigenvalue weighted by molar-refractivity contribution is 5.49. The van der Waals surface area contributed by atoms with Crippen molar-refractivity contribution in [3.63, 3.8) is 0 Å². The number of halogens is 4. The first-order chi connectivity index (χ1) is 10.5. The van der Waals surface area contributed by atoms with E-state index in [-0.39, 0.29) is 6.42 Å². The molecule has 0 bridgehead atoms. The molecule has 0 atom stereocenters. The van der Waals surface area contributed by atoms with Crippen LogP contribution in [0.5, 0.6) is 0 Å². The smallest absolute Gasteiger partial charge is 0.187 e. The summed E-state index contributed by atoms with van der Waals surface area (Å²) in [7, 11) is 0. The van der Waals surface area contributed by atoms with Crippen LogP contribution in [-0.2, 0) is 6.42 Å². The average Bonchev–Trinajstić information content (AvgIpc) is 2.52. The van der Waals surface area contributed by atoms with Crippen molar-refractivity contribution in [2.75, 3.05) is 5.43 Å². The van der Waals surface area contributed by atoms with Gasteiger partial charge < -0.3 is 5.43 Å². The van der Waals surface area contributed by atoms with Crippen molar-refractivity contribution in [1.29, 1.82) is 10.5 Å². The predicted molar refractivity (Wildman–Crippen MR) is 71.0 cm³/mol. The van der Waals surface area contributed by atoms with E-state index in [0.717, 1.165) is 6.20 Å². The molecule has 0 saturated heterocycles. The van der Waals surface area contributed by atoms with Gasteiger partial charge in [0.25, 0.3) is 0 Å². The van der Waals surface area contributed by atoms with Gasteiger partial charge >= 0.3 is 0 Å². The molecule has 0 aliphatic rings. The predicted octanol–water partition coefficient (Wildman–Crippen LogP) is 3.43. The summed E-state index contributed by atoms with van der Waals surface area (Å²) >= 11 is 0. The van der Waals surface area contributed by atoms with Crippen LogP contribution in [0.3, 0.4) is 0 Å². The summed E-state index contributed by atoms with van der Waals surface area (Å²) in [4.78, 5) is 0. The Kier molecular flexibility index (Phi) is 6.21. The molecule has 0 spiro atoms. The van der Waals surface area contributed by atoms with Crippen LogP contribution in [0.1, 0.15) is 25.3 Å². The Balaban J connectivity index is 3.11. The van der Waals surface area contributed by atoms with E-state index in [4.69, 9.17) is 10.5 Å². The van der Waals surface area contributed by atoms with Crippen LogP contribution >= 0.6 is 0 Å². The van der Waals surface area contributed by atoms with Crippen LogP contribution in [0.2, 0.25) is 0 Å². The van der Waals surface area contributed by atoms with Gasteiger partial charge in [-0.1, -0.05) is 13.3 Å². The fourth-order valence-corrected chi connectivity index (χ4v) is 1.63. The maximum Gasteiger partial charge on any atom is 0.187 e. The lowest BCUT2D eigenvalue weighted by atomic mass is 10.1. The molecule has 0 aliphatic carbocycles. The van der Waals surface area contributed by atoms with Gasteiger partial charge in [0.05, 0.1) is 0 Å². The molecule has 0 unspecified atom stereocenters. The Morgan fingerprint density at radius 2 is 1.59 bits per heavy atom. The number of unbranched alkanes of at least 4 members (excludes halogenated alkanes) is 1. The van der Waals surface area contributed by atoms with Gasteiger partial charge in [-0.2, -0.15) is 10.5 Å². The van der Waals surface area contributed by atoms with Crippen LogP contribution in [0.25, 0.3) is 0 Å². The minimum atomic E-state index is -1.58. The second-order valence-corrected chi connectivity index (χ2v) is 4.26. The molecule has 116 valence electrons. The Hall–Kier alpha value is -2.74. The summed E-state index contributed by atoms with van der Waals surface area (Å²) in [6, 6.07) is 2.97. The van der Waals surface area contributed by atoms with Crippen molar-refractivity contribution in [3.05, 3.63) is 40.6 Å². The SMILES string of the molecule is CCCCc1c(F)c(F)c(NNC=C(C#N)C#N)c(F)c1F. The van der Waals surface area contributed by atoms with E-state index in [1.165, 1.54) is 12.1 Å². The van der Waals surface area contributed by atoms with Crippen LogP contribution in [-0.4, -0.2) is 0 Å². The standard InChI is InChI=1S/C14H12F4N4/c1-2-3-4-9-10(15)12(17)14(13(18)11(9)16)22-21-7-8(5-19)6-20/h7,21-22H,2-4H2,1H3. The summed E-state index contributed by atoms with van der Waals surface area (Å²) < 4.78 is 55.1. The summed E-state index contributed by atoms with van der Waals surface area (Å²) in [6.07, 6.45) is 1.68. The van der Waals surface area contributed by atoms with Crippen LogP contribution < -0.4 is 10.9 Å². The molecule has 1 rings (SSSR count). The lowest BCUT2D eigenvalue weighted by Crippen LogP contribution is -2.19. The molecule has 0 aliphatic heterocycles. The number of benzene rings is 1. The van der Waals surface area contributed by atoms with E-state index in [1.807, 2.05) is 10.9 Å². The zero-order valence-electron chi connectivity index (χ0n) is 11.6. The molecule has 22 heavy (non-hydrogen) atoms. The molecule has 0 amide bonds.